The molecule has 0 radical (unpaired) electrons. The number of rotatable bonds is 9. The number of aryl methyl sites for hydroxylation is 1. The number of piperidine rings is 1. The summed E-state index contributed by atoms with van der Waals surface area (Å²) in [6, 6.07) is 0.421. The molecule has 0 unspecified atom stereocenters. The molecule has 3 aliphatic rings. The van der Waals surface area contributed by atoms with Crippen LogP contribution in [0.4, 0.5) is 11.5 Å². The Labute approximate surface area is 174 Å². The van der Waals surface area contributed by atoms with Crippen LogP contribution in [0.25, 0.3) is 0 Å². The number of fused-ring (bicyclic) bond motifs is 1. The third-order valence-electron chi connectivity index (χ3n) is 6.41. The van der Waals surface area contributed by atoms with Crippen LogP contribution >= 0.6 is 0 Å². The van der Waals surface area contributed by atoms with Crippen molar-refractivity contribution in [2.45, 2.75) is 58.8 Å². The third-order valence-corrected chi connectivity index (χ3v) is 6.41. The van der Waals surface area contributed by atoms with Gasteiger partial charge in [0.15, 0.2) is 5.82 Å². The van der Waals surface area contributed by atoms with E-state index in [4.69, 9.17) is 4.74 Å². The van der Waals surface area contributed by atoms with Crippen molar-refractivity contribution in [1.82, 2.24) is 14.9 Å². The molecule has 1 saturated heterocycles. The van der Waals surface area contributed by atoms with E-state index >= 15 is 0 Å². The Balaban J connectivity index is 1.36. The van der Waals surface area contributed by atoms with Gasteiger partial charge in [0.05, 0.1) is 18.8 Å². The fourth-order valence-corrected chi connectivity index (χ4v) is 4.35. The van der Waals surface area contributed by atoms with Gasteiger partial charge in [0, 0.05) is 13.1 Å². The lowest BCUT2D eigenvalue weighted by Gasteiger charge is -2.35. The average Bonchev–Trinajstić information content (AvgIpc) is 3.52. The second-order valence-corrected chi connectivity index (χ2v) is 8.94. The van der Waals surface area contributed by atoms with Gasteiger partial charge in [-0.1, -0.05) is 13.3 Å². The number of nitrogens with one attached hydrogen (secondary N) is 1. The van der Waals surface area contributed by atoms with Crippen molar-refractivity contribution in [1.29, 1.82) is 0 Å². The van der Waals surface area contributed by atoms with Crippen LogP contribution in [-0.4, -0.2) is 60.1 Å². The van der Waals surface area contributed by atoms with Crippen molar-refractivity contribution in [2.75, 3.05) is 49.5 Å². The lowest BCUT2D eigenvalue weighted by atomic mass is 9.93. The Kier molecular flexibility index (Phi) is 6.53. The Morgan fingerprint density at radius 1 is 1.14 bits per heavy atom. The maximum absolute atomic E-state index is 12.2. The van der Waals surface area contributed by atoms with E-state index < -0.39 is 0 Å². The fourth-order valence-electron chi connectivity index (χ4n) is 4.35. The van der Waals surface area contributed by atoms with E-state index in [-0.39, 0.29) is 5.91 Å². The van der Waals surface area contributed by atoms with Crippen molar-refractivity contribution in [3.8, 4) is 6.01 Å². The quantitative estimate of drug-likeness (QED) is 0.641. The number of amides is 1. The minimum Gasteiger partial charge on any atom is -0.463 e. The summed E-state index contributed by atoms with van der Waals surface area (Å²) in [4.78, 5) is 26.1. The summed E-state index contributed by atoms with van der Waals surface area (Å²) in [7, 11) is 0. The molecular weight excluding hydrogens is 366 g/mol. The first-order valence-corrected chi connectivity index (χ1v) is 11.4. The minimum atomic E-state index is 0.0168. The monoisotopic (exact) mass is 401 g/mol. The standard InChI is InChI=1S/C22H35N5O2/c1-3-4-13-29-22-23-16(2)20-21(25-22)27(15-19(28)24-20)12-9-17-7-10-26(11-8-17)14-18-5-6-18/h17-18H,3-15H2,1-2H3,(H,24,28). The number of hydrogen-bond acceptors (Lipinski definition) is 6. The largest absolute Gasteiger partial charge is 0.463 e. The Morgan fingerprint density at radius 3 is 2.66 bits per heavy atom. The topological polar surface area (TPSA) is 70.6 Å². The molecule has 1 saturated carbocycles. The molecule has 160 valence electrons. The number of nitrogens with zero attached hydrogens (tertiary/aromatic N) is 4. The molecule has 2 fully saturated rings. The molecule has 1 aliphatic carbocycles. The highest BCUT2D eigenvalue weighted by atomic mass is 16.5. The zero-order valence-corrected chi connectivity index (χ0v) is 18.0. The van der Waals surface area contributed by atoms with Crippen molar-refractivity contribution >= 4 is 17.4 Å². The van der Waals surface area contributed by atoms with Gasteiger partial charge < -0.3 is 19.9 Å². The van der Waals surface area contributed by atoms with Gasteiger partial charge in [-0.2, -0.15) is 9.97 Å². The molecule has 3 heterocycles. The molecule has 0 spiro atoms. The summed E-state index contributed by atoms with van der Waals surface area (Å²) in [5.41, 5.74) is 1.51. The fraction of sp³-hybridized carbons (Fsp3) is 0.773. The van der Waals surface area contributed by atoms with Crippen LogP contribution in [-0.2, 0) is 4.79 Å². The highest BCUT2D eigenvalue weighted by Gasteiger charge is 2.29. The molecule has 7 nitrogen and oxygen atoms in total. The number of aromatic nitrogens is 2. The number of carbonyl (C=O) groups excluding carboxylic acids is 1. The number of anilines is 2. The van der Waals surface area contributed by atoms with Crippen molar-refractivity contribution < 1.29 is 9.53 Å². The zero-order valence-electron chi connectivity index (χ0n) is 18.0. The summed E-state index contributed by atoms with van der Waals surface area (Å²) in [6.07, 6.45) is 8.58. The first kappa shape index (κ1) is 20.4. The number of unbranched alkanes of at least 4 members (excludes halogenated alkanes) is 1. The lowest BCUT2D eigenvalue weighted by Crippen LogP contribution is -2.41. The summed E-state index contributed by atoms with van der Waals surface area (Å²) < 4.78 is 5.74. The van der Waals surface area contributed by atoms with Gasteiger partial charge in [0.25, 0.3) is 0 Å². The maximum atomic E-state index is 12.2. The van der Waals surface area contributed by atoms with Gasteiger partial charge in [-0.25, -0.2) is 0 Å². The van der Waals surface area contributed by atoms with Crippen LogP contribution in [0.15, 0.2) is 0 Å². The number of hydrogen-bond donors (Lipinski definition) is 1. The van der Waals surface area contributed by atoms with E-state index in [1.165, 1.54) is 45.3 Å². The average molecular weight is 402 g/mol. The molecule has 1 N–H and O–H groups in total. The van der Waals surface area contributed by atoms with Crippen LogP contribution in [0, 0.1) is 18.8 Å². The van der Waals surface area contributed by atoms with E-state index in [1.54, 1.807) is 0 Å². The van der Waals surface area contributed by atoms with Gasteiger partial charge >= 0.3 is 6.01 Å². The Hall–Kier alpha value is -1.89. The first-order valence-electron chi connectivity index (χ1n) is 11.4. The molecule has 1 aromatic heterocycles. The molecule has 1 aromatic rings. The van der Waals surface area contributed by atoms with Crippen LogP contribution in [0.5, 0.6) is 6.01 Å². The number of carbonyl (C=O) groups is 1. The lowest BCUT2D eigenvalue weighted by molar-refractivity contribution is -0.115. The number of likely N-dealkylation sites (tertiary alicyclic amines) is 1. The van der Waals surface area contributed by atoms with E-state index in [0.29, 0.717) is 19.2 Å². The summed E-state index contributed by atoms with van der Waals surface area (Å²) in [5, 5.41) is 2.95. The zero-order chi connectivity index (χ0) is 20.2. The van der Waals surface area contributed by atoms with Gasteiger partial charge in [0.2, 0.25) is 5.91 Å². The molecule has 1 amide bonds. The molecule has 4 rings (SSSR count). The molecular formula is C22H35N5O2. The second kappa shape index (κ2) is 9.28. The van der Waals surface area contributed by atoms with E-state index in [0.717, 1.165) is 54.8 Å². The highest BCUT2D eigenvalue weighted by molar-refractivity contribution is 6.00. The molecule has 0 atom stereocenters. The van der Waals surface area contributed by atoms with Gasteiger partial charge in [-0.3, -0.25) is 4.79 Å². The third kappa shape index (κ3) is 5.38. The molecule has 2 aliphatic heterocycles. The van der Waals surface area contributed by atoms with Crippen molar-refractivity contribution in [2.24, 2.45) is 11.8 Å². The summed E-state index contributed by atoms with van der Waals surface area (Å²) >= 11 is 0. The minimum absolute atomic E-state index is 0.0168. The molecule has 0 bridgehead atoms. The van der Waals surface area contributed by atoms with E-state index in [2.05, 4.69) is 32.0 Å². The van der Waals surface area contributed by atoms with E-state index in [1.807, 2.05) is 6.92 Å². The van der Waals surface area contributed by atoms with Gasteiger partial charge in [-0.15, -0.1) is 0 Å². The predicted octanol–water partition coefficient (Wildman–Crippen LogP) is 3.23. The summed E-state index contributed by atoms with van der Waals surface area (Å²) in [5.74, 6) is 2.55. The highest BCUT2D eigenvalue weighted by Crippen LogP contribution is 2.34. The van der Waals surface area contributed by atoms with Crippen molar-refractivity contribution in [3.63, 3.8) is 0 Å². The maximum Gasteiger partial charge on any atom is 0.318 e. The molecule has 7 heteroatoms. The predicted molar refractivity (Wildman–Crippen MR) is 115 cm³/mol. The SMILES string of the molecule is CCCCOc1nc(C)c2c(n1)N(CCC1CCN(CC3CC3)CC1)CC(=O)N2. The first-order chi connectivity index (χ1) is 14.1. The van der Waals surface area contributed by atoms with Crippen molar-refractivity contribution in [3.05, 3.63) is 5.69 Å². The molecule has 29 heavy (non-hydrogen) atoms. The van der Waals surface area contributed by atoms with Gasteiger partial charge in [0.1, 0.15) is 5.69 Å². The van der Waals surface area contributed by atoms with E-state index in [9.17, 15) is 4.79 Å². The van der Waals surface area contributed by atoms with Crippen LogP contribution < -0.4 is 15.0 Å². The Bertz CT molecular complexity index is 713. The Morgan fingerprint density at radius 2 is 1.93 bits per heavy atom. The van der Waals surface area contributed by atoms with Gasteiger partial charge in [-0.05, 0) is 70.4 Å². The molecule has 0 aromatic carbocycles. The normalized spacial score (nSPS) is 20.5. The number of ether oxygens (including phenoxy) is 1. The van der Waals surface area contributed by atoms with Crippen LogP contribution in [0.2, 0.25) is 0 Å². The summed E-state index contributed by atoms with van der Waals surface area (Å²) in [6.45, 7) is 9.66. The van der Waals surface area contributed by atoms with Crippen LogP contribution in [0.3, 0.4) is 0 Å². The second-order valence-electron chi connectivity index (χ2n) is 8.94. The smallest absolute Gasteiger partial charge is 0.318 e. The van der Waals surface area contributed by atoms with Crippen LogP contribution in [0.1, 0.15) is 57.6 Å².